The van der Waals surface area contributed by atoms with Gasteiger partial charge in [0.15, 0.2) is 11.4 Å². The first-order chi connectivity index (χ1) is 8.56. The van der Waals surface area contributed by atoms with Crippen molar-refractivity contribution in [2.75, 3.05) is 11.4 Å². The van der Waals surface area contributed by atoms with E-state index in [9.17, 15) is 9.59 Å². The predicted molar refractivity (Wildman–Crippen MR) is 57.7 cm³/mol. The van der Waals surface area contributed by atoms with Gasteiger partial charge >= 0.3 is 0 Å². The first-order valence-corrected chi connectivity index (χ1v) is 5.06. The Morgan fingerprint density at radius 3 is 2.67 bits per heavy atom. The van der Waals surface area contributed by atoms with Crippen LogP contribution in [0.4, 0.5) is 5.95 Å². The van der Waals surface area contributed by atoms with Crippen molar-refractivity contribution in [3.8, 4) is 12.1 Å². The first kappa shape index (κ1) is 11.6. The van der Waals surface area contributed by atoms with Crippen molar-refractivity contribution >= 4 is 17.8 Å². The molecule has 8 heteroatoms. The zero-order valence-electron chi connectivity index (χ0n) is 9.17. The molecular formula is C10H8N6O2. The lowest BCUT2D eigenvalue weighted by molar-refractivity contribution is -0.123. The van der Waals surface area contributed by atoms with Crippen molar-refractivity contribution in [1.82, 2.24) is 9.97 Å². The van der Waals surface area contributed by atoms with Crippen LogP contribution < -0.4 is 10.6 Å². The van der Waals surface area contributed by atoms with Gasteiger partial charge in [0.1, 0.15) is 12.1 Å². The van der Waals surface area contributed by atoms with Crippen LogP contribution in [0.1, 0.15) is 17.8 Å². The number of aromatic nitrogens is 2. The van der Waals surface area contributed by atoms with Crippen LogP contribution in [0.25, 0.3) is 0 Å². The van der Waals surface area contributed by atoms with Crippen molar-refractivity contribution < 1.29 is 9.59 Å². The fourth-order valence-electron chi connectivity index (χ4n) is 1.75. The molecule has 1 saturated heterocycles. The smallest absolute Gasteiger partial charge is 0.230 e. The number of nitrogens with one attached hydrogen (secondary N) is 1. The number of carbonyl (C=O) groups is 2. The zero-order chi connectivity index (χ0) is 13.3. The highest BCUT2D eigenvalue weighted by molar-refractivity contribution is 5.98. The van der Waals surface area contributed by atoms with Gasteiger partial charge in [-0.1, -0.05) is 0 Å². The molecule has 1 aliphatic heterocycles. The van der Waals surface area contributed by atoms with E-state index in [-0.39, 0.29) is 36.2 Å². The number of nitriles is 2. The first-order valence-electron chi connectivity index (χ1n) is 5.06. The highest BCUT2D eigenvalue weighted by Crippen LogP contribution is 2.23. The van der Waals surface area contributed by atoms with Crippen LogP contribution in [-0.2, 0) is 9.59 Å². The topological polar surface area (TPSA) is 140 Å². The van der Waals surface area contributed by atoms with Gasteiger partial charge in [-0.25, -0.2) is 4.98 Å². The van der Waals surface area contributed by atoms with E-state index in [1.165, 1.54) is 4.90 Å². The van der Waals surface area contributed by atoms with Crippen molar-refractivity contribution in [1.29, 1.82) is 10.5 Å². The number of rotatable bonds is 2. The summed E-state index contributed by atoms with van der Waals surface area (Å²) in [5.41, 5.74) is 5.04. The molecule has 1 unspecified atom stereocenters. The van der Waals surface area contributed by atoms with Gasteiger partial charge in [0.2, 0.25) is 17.8 Å². The number of amides is 2. The molecule has 18 heavy (non-hydrogen) atoms. The Balaban J connectivity index is 2.31. The third kappa shape index (κ3) is 1.76. The van der Waals surface area contributed by atoms with E-state index in [0.29, 0.717) is 0 Å². The average molecular weight is 244 g/mol. The Bertz CT molecular complexity index is 573. The molecule has 1 aromatic rings. The van der Waals surface area contributed by atoms with Gasteiger partial charge in [-0.3, -0.25) is 14.5 Å². The lowest BCUT2D eigenvalue weighted by Crippen LogP contribution is -2.29. The maximum Gasteiger partial charge on any atom is 0.230 e. The van der Waals surface area contributed by atoms with E-state index in [0.717, 1.165) is 0 Å². The minimum Gasteiger partial charge on any atom is -0.369 e. The van der Waals surface area contributed by atoms with Gasteiger partial charge in [-0.15, -0.1) is 0 Å². The Hall–Kier alpha value is -2.87. The molecule has 1 fully saturated rings. The van der Waals surface area contributed by atoms with Gasteiger partial charge in [0.05, 0.1) is 5.92 Å². The molecule has 2 heterocycles. The molecule has 3 N–H and O–H groups in total. The maximum atomic E-state index is 11.7. The van der Waals surface area contributed by atoms with E-state index in [1.54, 1.807) is 12.1 Å². The van der Waals surface area contributed by atoms with Crippen LogP contribution in [0.5, 0.6) is 0 Å². The standard InChI is InChI=1S/C10H8N6O2/c11-2-6-7(3-12)15-10(14-6)16-4-5(9(13)18)1-8(16)17/h5H,1,4H2,(H2,13,18)(H,14,15). The van der Waals surface area contributed by atoms with Gasteiger partial charge in [-0.05, 0) is 0 Å². The number of H-pyrrole nitrogens is 1. The summed E-state index contributed by atoms with van der Waals surface area (Å²) >= 11 is 0. The molecule has 2 rings (SSSR count). The normalized spacial score (nSPS) is 18.4. The van der Waals surface area contributed by atoms with Gasteiger partial charge in [-0.2, -0.15) is 10.5 Å². The summed E-state index contributed by atoms with van der Waals surface area (Å²) < 4.78 is 0. The van der Waals surface area contributed by atoms with Gasteiger partial charge in [0, 0.05) is 13.0 Å². The van der Waals surface area contributed by atoms with Crippen molar-refractivity contribution in [3.63, 3.8) is 0 Å². The average Bonchev–Trinajstić information content (AvgIpc) is 2.91. The Morgan fingerprint density at radius 2 is 2.22 bits per heavy atom. The van der Waals surface area contributed by atoms with Crippen LogP contribution in [0.15, 0.2) is 0 Å². The number of carbonyl (C=O) groups excluding carboxylic acids is 2. The number of primary amides is 1. The van der Waals surface area contributed by atoms with Gasteiger partial charge < -0.3 is 10.7 Å². The van der Waals surface area contributed by atoms with Crippen LogP contribution in [0, 0.1) is 28.6 Å². The summed E-state index contributed by atoms with van der Waals surface area (Å²) in [6.07, 6.45) is 0.0137. The summed E-state index contributed by atoms with van der Waals surface area (Å²) in [4.78, 5) is 30.3. The molecule has 90 valence electrons. The molecule has 0 bridgehead atoms. The molecule has 1 aromatic heterocycles. The number of hydrogen-bond donors (Lipinski definition) is 2. The Morgan fingerprint density at radius 1 is 1.50 bits per heavy atom. The summed E-state index contributed by atoms with van der Waals surface area (Å²) in [6, 6.07) is 3.51. The number of nitrogens with zero attached hydrogens (tertiary/aromatic N) is 4. The second kappa shape index (κ2) is 4.18. The molecule has 0 spiro atoms. The molecular weight excluding hydrogens is 236 g/mol. The summed E-state index contributed by atoms with van der Waals surface area (Å²) in [5.74, 6) is -1.35. The van der Waals surface area contributed by atoms with E-state index in [1.807, 2.05) is 0 Å². The Labute approximate surface area is 102 Å². The number of anilines is 1. The van der Waals surface area contributed by atoms with E-state index in [2.05, 4.69) is 9.97 Å². The van der Waals surface area contributed by atoms with Gasteiger partial charge in [0.25, 0.3) is 0 Å². The quantitative estimate of drug-likeness (QED) is 0.685. The fraction of sp³-hybridized carbons (Fsp3) is 0.300. The predicted octanol–water partition coefficient (Wildman–Crippen LogP) is -1.01. The van der Waals surface area contributed by atoms with Crippen molar-refractivity contribution in [2.45, 2.75) is 6.42 Å². The third-order valence-electron chi connectivity index (χ3n) is 2.69. The summed E-state index contributed by atoms with van der Waals surface area (Å²) in [5, 5.41) is 17.5. The molecule has 1 atom stereocenters. The van der Waals surface area contributed by atoms with E-state index >= 15 is 0 Å². The number of hydrogen-bond acceptors (Lipinski definition) is 5. The lowest BCUT2D eigenvalue weighted by atomic mass is 10.1. The van der Waals surface area contributed by atoms with Crippen LogP contribution >= 0.6 is 0 Å². The molecule has 0 saturated carbocycles. The molecule has 0 aromatic carbocycles. The highest BCUT2D eigenvalue weighted by Gasteiger charge is 2.35. The van der Waals surface area contributed by atoms with Crippen LogP contribution in [0.3, 0.4) is 0 Å². The number of imidazole rings is 1. The largest absolute Gasteiger partial charge is 0.369 e. The highest BCUT2D eigenvalue weighted by atomic mass is 16.2. The summed E-state index contributed by atoms with van der Waals surface area (Å²) in [7, 11) is 0. The summed E-state index contributed by atoms with van der Waals surface area (Å²) in [6.45, 7) is 0.109. The molecule has 2 amide bonds. The van der Waals surface area contributed by atoms with Crippen molar-refractivity contribution in [2.24, 2.45) is 11.7 Å². The van der Waals surface area contributed by atoms with E-state index in [4.69, 9.17) is 16.3 Å². The van der Waals surface area contributed by atoms with Crippen molar-refractivity contribution in [3.05, 3.63) is 11.4 Å². The molecule has 8 nitrogen and oxygen atoms in total. The SMILES string of the molecule is N#Cc1nc(N2CC(C(N)=O)CC2=O)[nH]c1C#N. The lowest BCUT2D eigenvalue weighted by Gasteiger charge is -2.11. The zero-order valence-corrected chi connectivity index (χ0v) is 9.17. The third-order valence-corrected chi connectivity index (χ3v) is 2.69. The van der Waals surface area contributed by atoms with E-state index < -0.39 is 11.8 Å². The second-order valence-electron chi connectivity index (χ2n) is 3.82. The number of aromatic amines is 1. The number of nitrogens with two attached hydrogens (primary N) is 1. The van der Waals surface area contributed by atoms with Crippen LogP contribution in [0.2, 0.25) is 0 Å². The maximum absolute atomic E-state index is 11.7. The monoisotopic (exact) mass is 244 g/mol. The minimum absolute atomic E-state index is 0.0113. The molecule has 0 aliphatic carbocycles. The molecule has 1 aliphatic rings. The Kier molecular flexibility index (Phi) is 2.70. The fourth-order valence-corrected chi connectivity index (χ4v) is 1.75. The van der Waals surface area contributed by atoms with Crippen LogP contribution in [-0.4, -0.2) is 28.3 Å². The molecule has 0 radical (unpaired) electrons. The second-order valence-corrected chi connectivity index (χ2v) is 3.82. The minimum atomic E-state index is -0.571.